The van der Waals surface area contributed by atoms with Crippen LogP contribution >= 0.6 is 0 Å². The van der Waals surface area contributed by atoms with Gasteiger partial charge in [0.05, 0.1) is 17.7 Å². The number of rotatable bonds is 4. The second-order valence-corrected chi connectivity index (χ2v) is 4.73. The summed E-state index contributed by atoms with van der Waals surface area (Å²) >= 11 is 0. The van der Waals surface area contributed by atoms with Gasteiger partial charge in [-0.1, -0.05) is 12.1 Å². The van der Waals surface area contributed by atoms with Crippen molar-refractivity contribution in [3.63, 3.8) is 0 Å². The molecule has 0 saturated heterocycles. The lowest BCUT2D eigenvalue weighted by atomic mass is 10.2. The number of aliphatic hydroxyl groups excluding tert-OH is 1. The maximum Gasteiger partial charge on any atom is 0.224 e. The normalized spacial score (nSPS) is 16.6. The van der Waals surface area contributed by atoms with E-state index in [1.165, 1.54) is 0 Å². The highest BCUT2D eigenvalue weighted by Crippen LogP contribution is 2.39. The zero-order valence-electron chi connectivity index (χ0n) is 10.3. The zero-order valence-corrected chi connectivity index (χ0v) is 10.3. The molecule has 18 heavy (non-hydrogen) atoms. The second kappa shape index (κ2) is 4.10. The topological polar surface area (TPSA) is 70.1 Å². The summed E-state index contributed by atoms with van der Waals surface area (Å²) < 4.78 is 0. The van der Waals surface area contributed by atoms with Crippen LogP contribution < -0.4 is 10.6 Å². The van der Waals surface area contributed by atoms with E-state index in [9.17, 15) is 5.11 Å². The lowest BCUT2D eigenvalue weighted by molar-refractivity contribution is 0.266. The highest BCUT2D eigenvalue weighted by atomic mass is 16.3. The number of hydrogen-bond acceptors (Lipinski definition) is 5. The molecule has 0 atom stereocenters. The van der Waals surface area contributed by atoms with Gasteiger partial charge < -0.3 is 15.7 Å². The highest BCUT2D eigenvalue weighted by Gasteiger charge is 2.42. The Balaban J connectivity index is 2.08. The van der Waals surface area contributed by atoms with Crippen LogP contribution in [0.1, 0.15) is 12.8 Å². The molecule has 94 valence electrons. The Bertz CT molecular complexity index is 580. The summed E-state index contributed by atoms with van der Waals surface area (Å²) in [5, 5.41) is 16.7. The van der Waals surface area contributed by atoms with E-state index >= 15 is 0 Å². The molecule has 0 unspecified atom stereocenters. The number of fused-ring (bicyclic) bond motifs is 1. The Kier molecular flexibility index (Phi) is 2.56. The van der Waals surface area contributed by atoms with Crippen LogP contribution in [-0.4, -0.2) is 34.3 Å². The van der Waals surface area contributed by atoms with Crippen molar-refractivity contribution in [3.05, 3.63) is 24.3 Å². The molecule has 1 saturated carbocycles. The van der Waals surface area contributed by atoms with Crippen LogP contribution in [0.5, 0.6) is 0 Å². The fraction of sp³-hybridized carbons (Fsp3) is 0.385. The van der Waals surface area contributed by atoms with Crippen LogP contribution in [0.3, 0.4) is 0 Å². The van der Waals surface area contributed by atoms with E-state index < -0.39 is 0 Å². The molecule has 0 spiro atoms. The molecule has 1 aromatic carbocycles. The van der Waals surface area contributed by atoms with E-state index in [0.29, 0.717) is 5.95 Å². The number of aliphatic hydroxyl groups is 1. The average Bonchev–Trinajstić information content (AvgIpc) is 3.19. The fourth-order valence-electron chi connectivity index (χ4n) is 2.01. The number of aromatic nitrogens is 2. The Morgan fingerprint density at radius 3 is 2.72 bits per heavy atom. The van der Waals surface area contributed by atoms with Gasteiger partial charge in [-0.15, -0.1) is 0 Å². The quantitative estimate of drug-likeness (QED) is 0.762. The van der Waals surface area contributed by atoms with E-state index in [4.69, 9.17) is 0 Å². The molecule has 0 amide bonds. The molecule has 3 N–H and O–H groups in total. The van der Waals surface area contributed by atoms with Gasteiger partial charge in [0.25, 0.3) is 0 Å². The smallest absolute Gasteiger partial charge is 0.224 e. The molecule has 5 heteroatoms. The minimum atomic E-state index is -0.178. The maximum absolute atomic E-state index is 9.39. The van der Waals surface area contributed by atoms with Gasteiger partial charge in [0.15, 0.2) is 0 Å². The predicted molar refractivity (Wildman–Crippen MR) is 71.8 cm³/mol. The van der Waals surface area contributed by atoms with Gasteiger partial charge in [-0.3, -0.25) is 0 Å². The zero-order chi connectivity index (χ0) is 12.6. The third-order valence-electron chi connectivity index (χ3n) is 3.37. The third kappa shape index (κ3) is 1.86. The van der Waals surface area contributed by atoms with Gasteiger partial charge in [0.2, 0.25) is 5.95 Å². The second-order valence-electron chi connectivity index (χ2n) is 4.73. The number of hydrogen-bond donors (Lipinski definition) is 3. The summed E-state index contributed by atoms with van der Waals surface area (Å²) in [6.07, 6.45) is 1.97. The molecule has 0 aliphatic heterocycles. The fourth-order valence-corrected chi connectivity index (χ4v) is 2.01. The standard InChI is InChI=1S/C13H16N4O/c1-14-12-15-10-5-3-2-4-9(10)11(16-12)17-13(8-18)6-7-13/h2-5,18H,6-8H2,1H3,(H2,14,15,16,17). The molecule has 5 nitrogen and oxygen atoms in total. The van der Waals surface area contributed by atoms with Crippen LogP contribution in [0.25, 0.3) is 10.9 Å². The van der Waals surface area contributed by atoms with Crippen molar-refractivity contribution in [1.29, 1.82) is 0 Å². The van der Waals surface area contributed by atoms with Crippen LogP contribution in [0.4, 0.5) is 11.8 Å². The maximum atomic E-state index is 9.39. The Morgan fingerprint density at radius 2 is 2.06 bits per heavy atom. The van der Waals surface area contributed by atoms with Gasteiger partial charge in [-0.05, 0) is 25.0 Å². The van der Waals surface area contributed by atoms with Gasteiger partial charge in [0, 0.05) is 12.4 Å². The number of nitrogens with zero attached hydrogens (tertiary/aromatic N) is 2. The number of nitrogens with one attached hydrogen (secondary N) is 2. The van der Waals surface area contributed by atoms with Crippen molar-refractivity contribution in [3.8, 4) is 0 Å². The van der Waals surface area contributed by atoms with Gasteiger partial charge >= 0.3 is 0 Å². The van der Waals surface area contributed by atoms with Crippen molar-refractivity contribution in [2.45, 2.75) is 18.4 Å². The lowest BCUT2D eigenvalue weighted by Crippen LogP contribution is -2.26. The first-order chi connectivity index (χ1) is 8.76. The number of anilines is 2. The average molecular weight is 244 g/mol. The monoisotopic (exact) mass is 244 g/mol. The van der Waals surface area contributed by atoms with E-state index in [0.717, 1.165) is 29.6 Å². The van der Waals surface area contributed by atoms with Crippen molar-refractivity contribution >= 4 is 22.7 Å². The molecule has 1 aliphatic rings. The van der Waals surface area contributed by atoms with Crippen LogP contribution in [0.15, 0.2) is 24.3 Å². The van der Waals surface area contributed by atoms with Gasteiger partial charge in [-0.2, -0.15) is 4.98 Å². The molecular formula is C13H16N4O. The molecule has 1 heterocycles. The molecule has 1 aliphatic carbocycles. The first kappa shape index (κ1) is 11.2. The molecular weight excluding hydrogens is 228 g/mol. The van der Waals surface area contributed by atoms with Gasteiger partial charge in [0.1, 0.15) is 5.82 Å². The van der Waals surface area contributed by atoms with Crippen LogP contribution in [0.2, 0.25) is 0 Å². The molecule has 1 aromatic heterocycles. The molecule has 1 fully saturated rings. The summed E-state index contributed by atoms with van der Waals surface area (Å²) in [4.78, 5) is 8.85. The summed E-state index contributed by atoms with van der Waals surface area (Å²) in [5.74, 6) is 1.38. The Hall–Kier alpha value is -1.88. The van der Waals surface area contributed by atoms with Crippen molar-refractivity contribution in [2.24, 2.45) is 0 Å². The van der Waals surface area contributed by atoms with Crippen LogP contribution in [-0.2, 0) is 0 Å². The summed E-state index contributed by atoms with van der Waals surface area (Å²) in [6.45, 7) is 0.139. The van der Waals surface area contributed by atoms with Crippen LogP contribution in [0, 0.1) is 0 Å². The summed E-state index contributed by atoms with van der Waals surface area (Å²) in [7, 11) is 1.80. The molecule has 0 bridgehead atoms. The lowest BCUT2D eigenvalue weighted by Gasteiger charge is -2.17. The number of benzene rings is 1. The van der Waals surface area contributed by atoms with E-state index in [-0.39, 0.29) is 12.1 Å². The van der Waals surface area contributed by atoms with Gasteiger partial charge in [-0.25, -0.2) is 4.98 Å². The Labute approximate surface area is 105 Å². The number of para-hydroxylation sites is 1. The molecule has 3 rings (SSSR count). The molecule has 0 radical (unpaired) electrons. The predicted octanol–water partition coefficient (Wildman–Crippen LogP) is 1.61. The summed E-state index contributed by atoms with van der Waals surface area (Å²) in [6, 6.07) is 7.87. The minimum absolute atomic E-state index is 0.139. The largest absolute Gasteiger partial charge is 0.394 e. The first-order valence-electron chi connectivity index (χ1n) is 6.10. The summed E-state index contributed by atoms with van der Waals surface area (Å²) in [5.41, 5.74) is 0.718. The van der Waals surface area contributed by atoms with Crippen molar-refractivity contribution in [1.82, 2.24) is 9.97 Å². The third-order valence-corrected chi connectivity index (χ3v) is 3.37. The molecule has 2 aromatic rings. The SMILES string of the molecule is CNc1nc(NC2(CO)CC2)c2ccccc2n1. The van der Waals surface area contributed by atoms with E-state index in [1.807, 2.05) is 24.3 Å². The van der Waals surface area contributed by atoms with Crippen molar-refractivity contribution in [2.75, 3.05) is 24.3 Å². The van der Waals surface area contributed by atoms with E-state index in [1.54, 1.807) is 7.05 Å². The minimum Gasteiger partial charge on any atom is -0.394 e. The van der Waals surface area contributed by atoms with Crippen molar-refractivity contribution < 1.29 is 5.11 Å². The Morgan fingerprint density at radius 1 is 1.28 bits per heavy atom. The highest BCUT2D eigenvalue weighted by molar-refractivity contribution is 5.90. The first-order valence-corrected chi connectivity index (χ1v) is 6.10. The van der Waals surface area contributed by atoms with E-state index in [2.05, 4.69) is 20.6 Å².